The number of morpholine rings is 1. The summed E-state index contributed by atoms with van der Waals surface area (Å²) in [6.45, 7) is 7.91. The lowest BCUT2D eigenvalue weighted by Crippen LogP contribution is -2.47. The summed E-state index contributed by atoms with van der Waals surface area (Å²) in [6.07, 6.45) is 0.0672. The van der Waals surface area contributed by atoms with Crippen molar-refractivity contribution in [3.8, 4) is 0 Å². The first kappa shape index (κ1) is 18.2. The van der Waals surface area contributed by atoms with Gasteiger partial charge in [0.15, 0.2) is 0 Å². The number of rotatable bonds is 5. The predicted molar refractivity (Wildman–Crippen MR) is 89.0 cm³/mol. The number of ether oxygens (including phenoxy) is 1. The van der Waals surface area contributed by atoms with Gasteiger partial charge in [-0.2, -0.15) is 0 Å². The van der Waals surface area contributed by atoms with Crippen molar-refractivity contribution in [1.82, 2.24) is 10.2 Å². The molecule has 0 aliphatic carbocycles. The van der Waals surface area contributed by atoms with Crippen LogP contribution in [-0.4, -0.2) is 43.2 Å². The Labute approximate surface area is 141 Å². The van der Waals surface area contributed by atoms with Crippen molar-refractivity contribution in [1.29, 1.82) is 0 Å². The molecule has 23 heavy (non-hydrogen) atoms. The van der Waals surface area contributed by atoms with Gasteiger partial charge in [-0.1, -0.05) is 31.5 Å². The van der Waals surface area contributed by atoms with E-state index >= 15 is 0 Å². The summed E-state index contributed by atoms with van der Waals surface area (Å²) in [5, 5.41) is 3.28. The second-order valence-corrected chi connectivity index (χ2v) is 6.63. The lowest BCUT2D eigenvalue weighted by Gasteiger charge is -2.38. The number of amides is 1. The molecule has 1 fully saturated rings. The van der Waals surface area contributed by atoms with Crippen molar-refractivity contribution < 1.29 is 13.9 Å². The van der Waals surface area contributed by atoms with Crippen LogP contribution in [0.2, 0.25) is 5.02 Å². The molecule has 4 nitrogen and oxygen atoms in total. The smallest absolute Gasteiger partial charge is 0.222 e. The number of benzene rings is 1. The summed E-state index contributed by atoms with van der Waals surface area (Å²) in [4.78, 5) is 14.0. The molecule has 1 amide bonds. The van der Waals surface area contributed by atoms with Crippen LogP contribution in [0.5, 0.6) is 0 Å². The maximum atomic E-state index is 14.4. The SMILES string of the molecule is CC(C)C(=O)NC[C@H](c1c(F)cccc1Cl)N1CCO[C@H](C)C1. The molecular weight excluding hydrogens is 319 g/mol. The number of carbonyl (C=O) groups excluding carboxylic acids is 1. The van der Waals surface area contributed by atoms with Crippen LogP contribution in [0.1, 0.15) is 32.4 Å². The van der Waals surface area contributed by atoms with Crippen molar-refractivity contribution in [3.05, 3.63) is 34.6 Å². The number of nitrogens with zero attached hydrogens (tertiary/aromatic N) is 1. The van der Waals surface area contributed by atoms with Gasteiger partial charge in [-0.25, -0.2) is 4.39 Å². The minimum atomic E-state index is -0.347. The summed E-state index contributed by atoms with van der Waals surface area (Å²) in [5.41, 5.74) is 0.437. The maximum Gasteiger partial charge on any atom is 0.222 e. The molecule has 0 saturated carbocycles. The third-order valence-electron chi connectivity index (χ3n) is 4.04. The monoisotopic (exact) mass is 342 g/mol. The Bertz CT molecular complexity index is 533. The molecule has 0 spiro atoms. The van der Waals surface area contributed by atoms with E-state index in [2.05, 4.69) is 10.2 Å². The Morgan fingerprint density at radius 2 is 2.26 bits per heavy atom. The molecule has 1 N–H and O–H groups in total. The van der Waals surface area contributed by atoms with Crippen molar-refractivity contribution in [3.63, 3.8) is 0 Å². The quantitative estimate of drug-likeness (QED) is 0.894. The van der Waals surface area contributed by atoms with Gasteiger partial charge in [0.2, 0.25) is 5.91 Å². The highest BCUT2D eigenvalue weighted by Crippen LogP contribution is 2.31. The van der Waals surface area contributed by atoms with Gasteiger partial charge in [0.1, 0.15) is 5.82 Å². The second-order valence-electron chi connectivity index (χ2n) is 6.23. The first-order chi connectivity index (χ1) is 10.9. The lowest BCUT2D eigenvalue weighted by molar-refractivity contribution is -0.124. The molecule has 0 bridgehead atoms. The van der Waals surface area contributed by atoms with E-state index < -0.39 is 0 Å². The molecule has 0 radical (unpaired) electrons. The number of nitrogens with one attached hydrogen (secondary N) is 1. The Kier molecular flexibility index (Phi) is 6.39. The number of hydrogen-bond donors (Lipinski definition) is 1. The topological polar surface area (TPSA) is 41.6 Å². The van der Waals surface area contributed by atoms with Crippen LogP contribution in [0.15, 0.2) is 18.2 Å². The van der Waals surface area contributed by atoms with Gasteiger partial charge in [-0.05, 0) is 19.1 Å². The Hall–Kier alpha value is -1.17. The lowest BCUT2D eigenvalue weighted by atomic mass is 10.0. The molecule has 2 atom stereocenters. The average molecular weight is 343 g/mol. The molecule has 1 aliphatic rings. The first-order valence-corrected chi connectivity index (χ1v) is 8.35. The van der Waals surface area contributed by atoms with E-state index in [1.807, 2.05) is 20.8 Å². The van der Waals surface area contributed by atoms with Crippen LogP contribution in [0.3, 0.4) is 0 Å². The molecule has 1 aromatic rings. The van der Waals surface area contributed by atoms with Gasteiger partial charge >= 0.3 is 0 Å². The highest BCUT2D eigenvalue weighted by molar-refractivity contribution is 6.31. The minimum Gasteiger partial charge on any atom is -0.376 e. The standard InChI is InChI=1S/C17H24ClFN2O2/c1-11(2)17(22)20-9-15(21-7-8-23-12(3)10-21)16-13(18)5-4-6-14(16)19/h4-6,11-12,15H,7-10H2,1-3H3,(H,20,22)/t12-,15-/m1/s1. The van der Waals surface area contributed by atoms with E-state index in [9.17, 15) is 9.18 Å². The zero-order valence-electron chi connectivity index (χ0n) is 13.8. The fraction of sp³-hybridized carbons (Fsp3) is 0.588. The molecule has 128 valence electrons. The van der Waals surface area contributed by atoms with Crippen molar-refractivity contribution in [2.45, 2.75) is 32.9 Å². The van der Waals surface area contributed by atoms with E-state index in [1.165, 1.54) is 6.07 Å². The number of carbonyl (C=O) groups is 1. The molecule has 1 aromatic carbocycles. The van der Waals surface area contributed by atoms with Crippen LogP contribution in [-0.2, 0) is 9.53 Å². The normalized spacial score (nSPS) is 20.5. The Morgan fingerprint density at radius 3 is 2.87 bits per heavy atom. The van der Waals surface area contributed by atoms with E-state index in [4.69, 9.17) is 16.3 Å². The first-order valence-electron chi connectivity index (χ1n) is 7.97. The molecule has 1 aliphatic heterocycles. The highest BCUT2D eigenvalue weighted by atomic mass is 35.5. The Balaban J connectivity index is 2.25. The number of halogens is 2. The molecule has 0 aromatic heterocycles. The van der Waals surface area contributed by atoms with Gasteiger partial charge in [-0.3, -0.25) is 9.69 Å². The van der Waals surface area contributed by atoms with Crippen LogP contribution < -0.4 is 5.32 Å². The molecule has 1 heterocycles. The van der Waals surface area contributed by atoms with Crippen LogP contribution >= 0.6 is 11.6 Å². The minimum absolute atomic E-state index is 0.0521. The number of hydrogen-bond acceptors (Lipinski definition) is 3. The summed E-state index contributed by atoms with van der Waals surface area (Å²) in [7, 11) is 0. The van der Waals surface area contributed by atoms with Crippen molar-refractivity contribution in [2.24, 2.45) is 5.92 Å². The third kappa shape index (κ3) is 4.66. The third-order valence-corrected chi connectivity index (χ3v) is 4.37. The van der Waals surface area contributed by atoms with E-state index in [-0.39, 0.29) is 29.8 Å². The van der Waals surface area contributed by atoms with Crippen LogP contribution in [0.4, 0.5) is 4.39 Å². The molecular formula is C17H24ClFN2O2. The van der Waals surface area contributed by atoms with Gasteiger partial charge in [0.25, 0.3) is 0 Å². The van der Waals surface area contributed by atoms with E-state index in [0.29, 0.717) is 36.8 Å². The van der Waals surface area contributed by atoms with Crippen molar-refractivity contribution in [2.75, 3.05) is 26.2 Å². The predicted octanol–water partition coefficient (Wildman–Crippen LogP) is 3.01. The summed E-state index contributed by atoms with van der Waals surface area (Å²) in [6, 6.07) is 4.37. The van der Waals surface area contributed by atoms with Gasteiger partial charge in [0, 0.05) is 36.1 Å². The Morgan fingerprint density at radius 1 is 1.52 bits per heavy atom. The van der Waals surface area contributed by atoms with Gasteiger partial charge in [0.05, 0.1) is 18.8 Å². The summed E-state index contributed by atoms with van der Waals surface area (Å²) in [5.74, 6) is -0.514. The van der Waals surface area contributed by atoms with Gasteiger partial charge in [-0.15, -0.1) is 0 Å². The molecule has 0 unspecified atom stereocenters. The molecule has 2 rings (SSSR count). The van der Waals surface area contributed by atoms with Crippen molar-refractivity contribution >= 4 is 17.5 Å². The van der Waals surface area contributed by atoms with E-state index in [1.54, 1.807) is 12.1 Å². The average Bonchev–Trinajstić information content (AvgIpc) is 2.49. The zero-order valence-corrected chi connectivity index (χ0v) is 14.6. The maximum absolute atomic E-state index is 14.4. The van der Waals surface area contributed by atoms with Crippen LogP contribution in [0, 0.1) is 11.7 Å². The molecule has 6 heteroatoms. The summed E-state index contributed by atoms with van der Waals surface area (Å²) < 4.78 is 19.9. The summed E-state index contributed by atoms with van der Waals surface area (Å²) >= 11 is 6.25. The second kappa shape index (κ2) is 8.08. The fourth-order valence-electron chi connectivity index (χ4n) is 2.77. The zero-order chi connectivity index (χ0) is 17.0. The largest absolute Gasteiger partial charge is 0.376 e. The van der Waals surface area contributed by atoms with Crippen LogP contribution in [0.25, 0.3) is 0 Å². The molecule has 1 saturated heterocycles. The van der Waals surface area contributed by atoms with E-state index in [0.717, 1.165) is 0 Å². The van der Waals surface area contributed by atoms with Gasteiger partial charge < -0.3 is 10.1 Å². The highest BCUT2D eigenvalue weighted by Gasteiger charge is 2.29. The fourth-order valence-corrected chi connectivity index (χ4v) is 3.06.